The second kappa shape index (κ2) is 5.68. The van der Waals surface area contributed by atoms with Crippen LogP contribution in [0.2, 0.25) is 0 Å². The Balaban J connectivity index is 1.45. The number of nitrogens with zero attached hydrogens (tertiary/aromatic N) is 1. The minimum Gasteiger partial charge on any atom is -0.478 e. The van der Waals surface area contributed by atoms with Crippen LogP contribution in [-0.2, 0) is 14.4 Å². The van der Waals surface area contributed by atoms with E-state index in [1.165, 1.54) is 18.2 Å². The molecule has 1 aliphatic heterocycles. The molecule has 0 unspecified atom stereocenters. The number of fused-ring (bicyclic) bond motifs is 5. The summed E-state index contributed by atoms with van der Waals surface area (Å²) in [6.45, 7) is -0.318. The molecule has 3 aliphatic rings. The molecule has 0 aromatic heterocycles. The fourth-order valence-electron chi connectivity index (χ4n) is 4.70. The lowest BCUT2D eigenvalue weighted by Gasteiger charge is -2.19. The third-order valence-corrected chi connectivity index (χ3v) is 5.71. The van der Waals surface area contributed by atoms with Gasteiger partial charge in [-0.15, -0.1) is 0 Å². The van der Waals surface area contributed by atoms with Crippen molar-refractivity contribution in [1.29, 1.82) is 0 Å². The maximum absolute atomic E-state index is 12.6. The number of aromatic carboxylic acids is 1. The van der Waals surface area contributed by atoms with E-state index in [1.807, 2.05) is 0 Å². The Morgan fingerprint density at radius 2 is 1.76 bits per heavy atom. The van der Waals surface area contributed by atoms with Crippen molar-refractivity contribution in [3.05, 3.63) is 29.8 Å². The highest BCUT2D eigenvalue weighted by Gasteiger charge is 2.60. The Morgan fingerprint density at radius 1 is 1.12 bits per heavy atom. The molecule has 1 heterocycles. The van der Waals surface area contributed by atoms with Crippen LogP contribution in [0.4, 0.5) is 5.69 Å². The number of nitrogens with one attached hydrogen (secondary N) is 1. The highest BCUT2D eigenvalue weighted by atomic mass is 16.4. The first-order valence-corrected chi connectivity index (χ1v) is 8.44. The number of carbonyl (C=O) groups is 4. The molecule has 2 saturated carbocycles. The van der Waals surface area contributed by atoms with E-state index >= 15 is 0 Å². The summed E-state index contributed by atoms with van der Waals surface area (Å²) in [5.74, 6) is -1.96. The third-order valence-electron chi connectivity index (χ3n) is 5.71. The second-order valence-corrected chi connectivity index (χ2v) is 7.08. The molecule has 0 radical (unpaired) electrons. The number of carboxylic acid groups (broad SMARTS) is 1. The van der Waals surface area contributed by atoms with E-state index in [4.69, 9.17) is 5.11 Å². The number of amides is 3. The molecule has 7 nitrogen and oxygen atoms in total. The first kappa shape index (κ1) is 15.8. The van der Waals surface area contributed by atoms with Crippen molar-refractivity contribution < 1.29 is 24.3 Å². The van der Waals surface area contributed by atoms with E-state index in [9.17, 15) is 19.2 Å². The van der Waals surface area contributed by atoms with Crippen molar-refractivity contribution in [2.45, 2.75) is 19.3 Å². The number of hydrogen-bond donors (Lipinski definition) is 2. The smallest absolute Gasteiger partial charge is 0.335 e. The molecule has 0 spiro atoms. The van der Waals surface area contributed by atoms with Crippen LogP contribution in [0.25, 0.3) is 0 Å². The summed E-state index contributed by atoms with van der Waals surface area (Å²) in [4.78, 5) is 49.4. The molecule has 2 N–H and O–H groups in total. The Labute approximate surface area is 144 Å². The van der Waals surface area contributed by atoms with Crippen LogP contribution in [0.15, 0.2) is 24.3 Å². The normalized spacial score (nSPS) is 29.8. The molecule has 1 aromatic rings. The largest absolute Gasteiger partial charge is 0.478 e. The predicted octanol–water partition coefficient (Wildman–Crippen LogP) is 1.35. The van der Waals surface area contributed by atoms with Crippen molar-refractivity contribution in [2.75, 3.05) is 11.9 Å². The lowest BCUT2D eigenvalue weighted by molar-refractivity contribution is -0.143. The molecule has 1 saturated heterocycles. The fourth-order valence-corrected chi connectivity index (χ4v) is 4.70. The Hall–Kier alpha value is -2.70. The molecule has 2 aliphatic carbocycles. The van der Waals surface area contributed by atoms with Crippen LogP contribution in [0.1, 0.15) is 29.6 Å². The Morgan fingerprint density at radius 3 is 2.36 bits per heavy atom. The molecule has 7 heteroatoms. The van der Waals surface area contributed by atoms with Crippen LogP contribution in [0, 0.1) is 23.7 Å². The monoisotopic (exact) mass is 342 g/mol. The molecule has 3 amide bonds. The fraction of sp³-hybridized carbons (Fsp3) is 0.444. The third kappa shape index (κ3) is 2.50. The van der Waals surface area contributed by atoms with Crippen LogP contribution in [0.5, 0.6) is 0 Å². The number of carbonyl (C=O) groups excluding carboxylic acids is 3. The van der Waals surface area contributed by atoms with E-state index < -0.39 is 11.9 Å². The molecule has 1 aromatic carbocycles. The van der Waals surface area contributed by atoms with Gasteiger partial charge in [-0.25, -0.2) is 4.79 Å². The van der Waals surface area contributed by atoms with E-state index in [2.05, 4.69) is 5.32 Å². The van der Waals surface area contributed by atoms with E-state index in [0.29, 0.717) is 5.69 Å². The van der Waals surface area contributed by atoms with Crippen molar-refractivity contribution in [3.8, 4) is 0 Å². The number of benzene rings is 1. The maximum atomic E-state index is 12.6. The van der Waals surface area contributed by atoms with Gasteiger partial charge in [0.05, 0.1) is 17.4 Å². The van der Waals surface area contributed by atoms with Gasteiger partial charge in [0.15, 0.2) is 0 Å². The number of hydrogen-bond acceptors (Lipinski definition) is 4. The van der Waals surface area contributed by atoms with Gasteiger partial charge in [0.2, 0.25) is 17.7 Å². The zero-order valence-electron chi connectivity index (χ0n) is 13.5. The summed E-state index contributed by atoms with van der Waals surface area (Å²) in [5, 5.41) is 11.5. The second-order valence-electron chi connectivity index (χ2n) is 7.08. The molecule has 25 heavy (non-hydrogen) atoms. The SMILES string of the molecule is O=C(CN1C(=O)[C@H]2[C@@H]3CC[C@@H](C3)[C@@H]2C1=O)Nc1cccc(C(=O)O)c1. The zero-order chi connectivity index (χ0) is 17.7. The summed E-state index contributed by atoms with van der Waals surface area (Å²) < 4.78 is 0. The standard InChI is InChI=1S/C18H18N2O5/c21-13(19-12-3-1-2-11(7-12)18(24)25)8-20-16(22)14-9-4-5-10(6-9)15(14)17(20)23/h1-3,7,9-10,14-15H,4-6,8H2,(H,19,21)(H,24,25)/t9-,10+,14-,15-/m0/s1. The quantitative estimate of drug-likeness (QED) is 0.804. The van der Waals surface area contributed by atoms with Gasteiger partial charge in [-0.2, -0.15) is 0 Å². The Kier molecular flexibility index (Phi) is 3.59. The number of anilines is 1. The van der Waals surface area contributed by atoms with Gasteiger partial charge in [-0.3, -0.25) is 19.3 Å². The highest BCUT2D eigenvalue weighted by Crippen LogP contribution is 2.56. The summed E-state index contributed by atoms with van der Waals surface area (Å²) in [5.41, 5.74) is 0.376. The number of likely N-dealkylation sites (tertiary alicyclic amines) is 1. The molecule has 3 fully saturated rings. The van der Waals surface area contributed by atoms with Gasteiger partial charge in [-0.05, 0) is 49.3 Å². The number of imide groups is 1. The molecule has 4 atom stereocenters. The summed E-state index contributed by atoms with van der Waals surface area (Å²) in [6, 6.07) is 5.84. The zero-order valence-corrected chi connectivity index (χ0v) is 13.5. The molecule has 4 rings (SSSR count). The summed E-state index contributed by atoms with van der Waals surface area (Å²) in [7, 11) is 0. The van der Waals surface area contributed by atoms with Crippen LogP contribution in [-0.4, -0.2) is 40.2 Å². The van der Waals surface area contributed by atoms with Gasteiger partial charge >= 0.3 is 5.97 Å². The summed E-state index contributed by atoms with van der Waals surface area (Å²) in [6.07, 6.45) is 2.94. The van der Waals surface area contributed by atoms with Crippen LogP contribution < -0.4 is 5.32 Å². The Bertz CT molecular complexity index is 761. The van der Waals surface area contributed by atoms with Crippen molar-refractivity contribution >= 4 is 29.4 Å². The maximum Gasteiger partial charge on any atom is 0.335 e. The van der Waals surface area contributed by atoms with Gasteiger partial charge in [0, 0.05) is 5.69 Å². The molecular weight excluding hydrogens is 324 g/mol. The van der Waals surface area contributed by atoms with Crippen LogP contribution >= 0.6 is 0 Å². The van der Waals surface area contributed by atoms with Crippen molar-refractivity contribution in [3.63, 3.8) is 0 Å². The summed E-state index contributed by atoms with van der Waals surface area (Å²) >= 11 is 0. The predicted molar refractivity (Wildman–Crippen MR) is 86.6 cm³/mol. The lowest BCUT2D eigenvalue weighted by Crippen LogP contribution is -2.39. The minimum atomic E-state index is -1.09. The van der Waals surface area contributed by atoms with Crippen LogP contribution in [0.3, 0.4) is 0 Å². The van der Waals surface area contributed by atoms with Crippen molar-refractivity contribution in [2.24, 2.45) is 23.7 Å². The number of rotatable bonds is 4. The average Bonchev–Trinajstić information content (AvgIpc) is 3.25. The topological polar surface area (TPSA) is 104 Å². The van der Waals surface area contributed by atoms with Gasteiger partial charge in [0.1, 0.15) is 6.54 Å². The van der Waals surface area contributed by atoms with E-state index in [1.54, 1.807) is 6.07 Å². The van der Waals surface area contributed by atoms with E-state index in [0.717, 1.165) is 24.2 Å². The van der Waals surface area contributed by atoms with E-state index in [-0.39, 0.29) is 47.6 Å². The van der Waals surface area contributed by atoms with Gasteiger partial charge < -0.3 is 10.4 Å². The first-order valence-electron chi connectivity index (χ1n) is 8.44. The molecular formula is C18H18N2O5. The number of carboxylic acids is 1. The van der Waals surface area contributed by atoms with Gasteiger partial charge in [-0.1, -0.05) is 6.07 Å². The highest BCUT2D eigenvalue weighted by molar-refractivity contribution is 6.09. The molecule has 2 bridgehead atoms. The minimum absolute atomic E-state index is 0.0530. The van der Waals surface area contributed by atoms with Gasteiger partial charge in [0.25, 0.3) is 0 Å². The molecule has 130 valence electrons. The average molecular weight is 342 g/mol. The first-order chi connectivity index (χ1) is 12.0. The lowest BCUT2D eigenvalue weighted by atomic mass is 9.81. The van der Waals surface area contributed by atoms with Crippen molar-refractivity contribution in [1.82, 2.24) is 4.90 Å².